The molecule has 2 aromatic carbocycles. The van der Waals surface area contributed by atoms with Crippen molar-refractivity contribution in [2.75, 3.05) is 18.4 Å². The highest BCUT2D eigenvalue weighted by Crippen LogP contribution is 2.35. The molecule has 1 saturated heterocycles. The lowest BCUT2D eigenvalue weighted by Crippen LogP contribution is -2.57. The number of nitrogens with one attached hydrogen (secondary N) is 1. The Hall–Kier alpha value is -3.57. The second kappa shape index (κ2) is 12.8. The number of hydrogen-bond donors (Lipinski definition) is 1. The molecule has 5 rings (SSSR count). The normalized spacial score (nSPS) is 20.7. The Labute approximate surface area is 261 Å². The van der Waals surface area contributed by atoms with E-state index >= 15 is 0 Å². The maximum atomic E-state index is 14.4. The predicted octanol–water partition coefficient (Wildman–Crippen LogP) is 6.15. The fourth-order valence-corrected chi connectivity index (χ4v) is 6.43. The van der Waals surface area contributed by atoms with E-state index < -0.39 is 23.3 Å². The van der Waals surface area contributed by atoms with Crippen LogP contribution in [0.4, 0.5) is 19.3 Å². The summed E-state index contributed by atoms with van der Waals surface area (Å²) >= 11 is 6.58. The fraction of sp³-hybridized carbons (Fsp3) is 0.500. The molecule has 0 unspecified atom stereocenters. The lowest BCUT2D eigenvalue weighted by Gasteiger charge is -2.44. The minimum atomic E-state index is -0.654. The van der Waals surface area contributed by atoms with Gasteiger partial charge in [-0.1, -0.05) is 28.9 Å². The summed E-state index contributed by atoms with van der Waals surface area (Å²) in [6, 6.07) is 7.37. The van der Waals surface area contributed by atoms with Gasteiger partial charge in [0.05, 0.1) is 35.1 Å². The summed E-state index contributed by atoms with van der Waals surface area (Å²) in [5, 5.41) is 11.7. The van der Waals surface area contributed by atoms with Crippen LogP contribution in [0.25, 0.3) is 0 Å². The third kappa shape index (κ3) is 7.21. The molecule has 0 saturated carbocycles. The van der Waals surface area contributed by atoms with E-state index in [4.69, 9.17) is 16.3 Å². The highest BCUT2D eigenvalue weighted by molar-refractivity contribution is 6.34. The summed E-state index contributed by atoms with van der Waals surface area (Å²) in [5.74, 6) is -1.15. The second-order valence-electron chi connectivity index (χ2n) is 12.8. The standard InChI is InChI=1S/C32H39ClF2N6O3/c1-19-15-39(29(42)12-21-8-6-10-27(30(21)33)36-31(43)44-32(3,4)5)16-20(2)40(19)17-23-18-41(38-37-23)28-11-7-9-24-25(28)13-22(34)14-26(24)35/h6,8,10,13-14,18-20,28H,7,9,11-12,15-17H2,1-5H3,(H,36,43)/t19-,20+,28-/m0/s1. The van der Waals surface area contributed by atoms with E-state index in [0.29, 0.717) is 53.5 Å². The first-order valence-electron chi connectivity index (χ1n) is 15.0. The first-order chi connectivity index (χ1) is 20.8. The van der Waals surface area contributed by atoms with Crippen molar-refractivity contribution in [3.8, 4) is 0 Å². The zero-order valence-electron chi connectivity index (χ0n) is 25.7. The van der Waals surface area contributed by atoms with Crippen LogP contribution in [0.1, 0.15) is 75.9 Å². The number of halogens is 3. The average molecular weight is 629 g/mol. The first-order valence-corrected chi connectivity index (χ1v) is 15.4. The third-order valence-corrected chi connectivity index (χ3v) is 8.64. The van der Waals surface area contributed by atoms with Gasteiger partial charge in [-0.05, 0) is 82.7 Å². The maximum absolute atomic E-state index is 14.4. The molecular formula is C32H39ClF2N6O3. The number of nitrogens with zero attached hydrogens (tertiary/aromatic N) is 5. The Morgan fingerprint density at radius 1 is 1.14 bits per heavy atom. The number of aromatic nitrogens is 3. The quantitative estimate of drug-likeness (QED) is 0.352. The molecule has 9 nitrogen and oxygen atoms in total. The molecule has 2 amide bonds. The van der Waals surface area contributed by atoms with E-state index in [1.165, 1.54) is 6.07 Å². The smallest absolute Gasteiger partial charge is 0.412 e. The highest BCUT2D eigenvalue weighted by atomic mass is 35.5. The van der Waals surface area contributed by atoms with Gasteiger partial charge in [-0.3, -0.25) is 15.0 Å². The van der Waals surface area contributed by atoms with Crippen LogP contribution in [-0.4, -0.2) is 67.6 Å². The predicted molar refractivity (Wildman–Crippen MR) is 164 cm³/mol. The van der Waals surface area contributed by atoms with Crippen LogP contribution in [0, 0.1) is 11.6 Å². The van der Waals surface area contributed by atoms with Crippen LogP contribution in [0.3, 0.4) is 0 Å². The molecule has 0 spiro atoms. The van der Waals surface area contributed by atoms with Gasteiger partial charge in [0.2, 0.25) is 5.91 Å². The van der Waals surface area contributed by atoms with Crippen molar-refractivity contribution in [3.63, 3.8) is 0 Å². The van der Waals surface area contributed by atoms with Crippen molar-refractivity contribution in [2.45, 2.75) is 90.6 Å². The molecule has 3 atom stereocenters. The van der Waals surface area contributed by atoms with Gasteiger partial charge in [0, 0.05) is 37.8 Å². The summed E-state index contributed by atoms with van der Waals surface area (Å²) in [5.41, 5.74) is 2.29. The number of ether oxygens (including phenoxy) is 1. The van der Waals surface area contributed by atoms with Crippen LogP contribution >= 0.6 is 11.6 Å². The second-order valence-corrected chi connectivity index (χ2v) is 13.2. The summed E-state index contributed by atoms with van der Waals surface area (Å²) in [4.78, 5) is 29.7. The number of carbonyl (C=O) groups is 2. The van der Waals surface area contributed by atoms with Crippen molar-refractivity contribution >= 4 is 29.3 Å². The van der Waals surface area contributed by atoms with Crippen molar-refractivity contribution in [3.05, 3.63) is 75.6 Å². The van der Waals surface area contributed by atoms with Crippen molar-refractivity contribution in [1.29, 1.82) is 0 Å². The van der Waals surface area contributed by atoms with E-state index in [1.807, 2.05) is 11.1 Å². The summed E-state index contributed by atoms with van der Waals surface area (Å²) < 4.78 is 35.5. The monoisotopic (exact) mass is 628 g/mol. The Morgan fingerprint density at radius 3 is 2.57 bits per heavy atom. The molecule has 236 valence electrons. The molecule has 0 radical (unpaired) electrons. The zero-order valence-corrected chi connectivity index (χ0v) is 26.5. The van der Waals surface area contributed by atoms with Gasteiger partial charge in [0.25, 0.3) is 0 Å². The molecule has 3 aromatic rings. The van der Waals surface area contributed by atoms with E-state index in [9.17, 15) is 18.4 Å². The molecule has 2 heterocycles. The van der Waals surface area contributed by atoms with Crippen LogP contribution in [-0.2, 0) is 28.9 Å². The molecule has 1 aromatic heterocycles. The lowest BCUT2D eigenvalue weighted by atomic mass is 9.87. The van der Waals surface area contributed by atoms with Gasteiger partial charge in [-0.15, -0.1) is 5.10 Å². The molecule has 1 aliphatic carbocycles. The molecule has 1 aliphatic heterocycles. The van der Waals surface area contributed by atoms with Crippen LogP contribution < -0.4 is 5.32 Å². The minimum absolute atomic E-state index is 0.0436. The minimum Gasteiger partial charge on any atom is -0.444 e. The van der Waals surface area contributed by atoms with Crippen LogP contribution in [0.5, 0.6) is 0 Å². The Kier molecular flexibility index (Phi) is 9.27. The number of fused-ring (bicyclic) bond motifs is 1. The lowest BCUT2D eigenvalue weighted by molar-refractivity contribution is -0.135. The molecule has 1 fully saturated rings. The molecule has 1 N–H and O–H groups in total. The van der Waals surface area contributed by atoms with Crippen LogP contribution in [0.2, 0.25) is 5.02 Å². The van der Waals surface area contributed by atoms with Crippen molar-refractivity contribution < 1.29 is 23.1 Å². The topological polar surface area (TPSA) is 92.6 Å². The van der Waals surface area contributed by atoms with E-state index in [1.54, 1.807) is 43.7 Å². The van der Waals surface area contributed by atoms with Crippen molar-refractivity contribution in [2.24, 2.45) is 0 Å². The Bertz CT molecular complexity index is 1530. The number of benzene rings is 2. The first kappa shape index (κ1) is 31.8. The summed E-state index contributed by atoms with van der Waals surface area (Å²) in [6.45, 7) is 11.1. The molecule has 44 heavy (non-hydrogen) atoms. The van der Waals surface area contributed by atoms with Gasteiger partial charge in [-0.25, -0.2) is 18.3 Å². The largest absolute Gasteiger partial charge is 0.444 e. The fourth-order valence-electron chi connectivity index (χ4n) is 6.19. The van der Waals surface area contributed by atoms with Gasteiger partial charge in [-0.2, -0.15) is 0 Å². The Balaban J connectivity index is 1.21. The van der Waals surface area contributed by atoms with Crippen molar-refractivity contribution in [1.82, 2.24) is 24.8 Å². The van der Waals surface area contributed by atoms with Gasteiger partial charge >= 0.3 is 6.09 Å². The van der Waals surface area contributed by atoms with Gasteiger partial charge in [0.1, 0.15) is 17.2 Å². The third-order valence-electron chi connectivity index (χ3n) is 8.19. The number of anilines is 1. The maximum Gasteiger partial charge on any atom is 0.412 e. The van der Waals surface area contributed by atoms with Crippen LogP contribution in [0.15, 0.2) is 36.5 Å². The average Bonchev–Trinajstić information content (AvgIpc) is 3.40. The van der Waals surface area contributed by atoms with E-state index in [-0.39, 0.29) is 30.5 Å². The van der Waals surface area contributed by atoms with Gasteiger partial charge in [0.15, 0.2) is 0 Å². The van der Waals surface area contributed by atoms with Gasteiger partial charge < -0.3 is 9.64 Å². The number of piperazine rings is 1. The zero-order chi connectivity index (χ0) is 31.8. The number of amides is 2. The number of carbonyl (C=O) groups excluding carboxylic acids is 2. The molecule has 2 aliphatic rings. The SMILES string of the molecule is C[C@@H]1CN(C(=O)Cc2cccc(NC(=O)OC(C)(C)C)c2Cl)C[C@H](C)N1Cc1cn([C@H]2CCCc3c(F)cc(F)cc32)nn1. The molecule has 0 bridgehead atoms. The van der Waals surface area contributed by atoms with E-state index in [2.05, 4.69) is 34.4 Å². The Morgan fingerprint density at radius 2 is 1.86 bits per heavy atom. The number of hydrogen-bond acceptors (Lipinski definition) is 6. The summed E-state index contributed by atoms with van der Waals surface area (Å²) in [7, 11) is 0. The molecule has 12 heteroatoms. The number of rotatable bonds is 6. The highest BCUT2D eigenvalue weighted by Gasteiger charge is 2.33. The van der Waals surface area contributed by atoms with E-state index in [0.717, 1.165) is 24.6 Å². The molecular weight excluding hydrogens is 590 g/mol. The summed E-state index contributed by atoms with van der Waals surface area (Å²) in [6.07, 6.45) is 3.44.